The Bertz CT molecular complexity index is 1000. The van der Waals surface area contributed by atoms with Gasteiger partial charge in [0.25, 0.3) is 0 Å². The second kappa shape index (κ2) is 17.0. The predicted molar refractivity (Wildman–Crippen MR) is 161 cm³/mol. The number of ether oxygens (including phenoxy) is 1. The van der Waals surface area contributed by atoms with Crippen molar-refractivity contribution in [1.29, 1.82) is 0 Å². The predicted octanol–water partition coefficient (Wildman–Crippen LogP) is 5.44. The topological polar surface area (TPSA) is 131 Å². The van der Waals surface area contributed by atoms with Gasteiger partial charge in [-0.2, -0.15) is 0 Å². The summed E-state index contributed by atoms with van der Waals surface area (Å²) in [4.78, 5) is 54.4. The van der Waals surface area contributed by atoms with Crippen LogP contribution < -0.4 is 16.4 Å². The first-order chi connectivity index (χ1) is 19.4. The number of aryl methyl sites for hydroxylation is 1. The lowest BCUT2D eigenvalue weighted by Gasteiger charge is -2.35. The molecule has 0 aromatic heterocycles. The van der Waals surface area contributed by atoms with E-state index in [1.54, 1.807) is 20.8 Å². The second-order valence-electron chi connectivity index (χ2n) is 12.3. The quantitative estimate of drug-likeness (QED) is 0.241. The van der Waals surface area contributed by atoms with Crippen LogP contribution >= 0.6 is 0 Å². The first kappa shape index (κ1) is 34.1. The summed E-state index contributed by atoms with van der Waals surface area (Å²) in [5, 5.41) is 5.76. The summed E-state index contributed by atoms with van der Waals surface area (Å²) in [5.74, 6) is -1.52. The van der Waals surface area contributed by atoms with Crippen LogP contribution in [-0.2, 0) is 19.1 Å². The lowest BCUT2D eigenvalue weighted by Crippen LogP contribution is -2.55. The van der Waals surface area contributed by atoms with Crippen molar-refractivity contribution in [1.82, 2.24) is 15.5 Å². The van der Waals surface area contributed by atoms with Crippen molar-refractivity contribution in [3.63, 3.8) is 0 Å². The van der Waals surface area contributed by atoms with Gasteiger partial charge in [-0.3, -0.25) is 14.4 Å². The van der Waals surface area contributed by atoms with E-state index in [0.29, 0.717) is 18.5 Å². The number of benzene rings is 1. The van der Waals surface area contributed by atoms with Gasteiger partial charge in [-0.1, -0.05) is 88.1 Å². The molecule has 0 saturated heterocycles. The molecule has 1 aromatic carbocycles. The number of amides is 4. The monoisotopic (exact) mass is 572 g/mol. The van der Waals surface area contributed by atoms with Crippen molar-refractivity contribution in [3.05, 3.63) is 35.4 Å². The molecule has 2 unspecified atom stereocenters. The number of hydrogen-bond acceptors (Lipinski definition) is 5. The summed E-state index contributed by atoms with van der Waals surface area (Å²) >= 11 is 0. The molecule has 1 aromatic rings. The number of primary amides is 1. The molecular formula is C32H52N4O5. The molecule has 9 heteroatoms. The van der Waals surface area contributed by atoms with E-state index in [9.17, 15) is 19.2 Å². The number of alkyl carbamates (subject to hydrolysis) is 1. The molecule has 4 amide bonds. The number of nitrogens with zero attached hydrogens (tertiary/aromatic N) is 1. The summed E-state index contributed by atoms with van der Waals surface area (Å²) in [7, 11) is 0. The van der Waals surface area contributed by atoms with Gasteiger partial charge in [-0.15, -0.1) is 0 Å². The highest BCUT2D eigenvalue weighted by Crippen LogP contribution is 2.27. The zero-order valence-corrected chi connectivity index (χ0v) is 25.8. The normalized spacial score (nSPS) is 15.4. The van der Waals surface area contributed by atoms with Crippen LogP contribution in [0.3, 0.4) is 0 Å². The molecule has 0 heterocycles. The van der Waals surface area contributed by atoms with E-state index in [2.05, 4.69) is 17.6 Å². The zero-order valence-electron chi connectivity index (χ0n) is 25.8. The lowest BCUT2D eigenvalue weighted by atomic mass is 9.94. The molecule has 0 spiro atoms. The van der Waals surface area contributed by atoms with Gasteiger partial charge in [-0.05, 0) is 52.5 Å². The molecular weight excluding hydrogens is 520 g/mol. The summed E-state index contributed by atoms with van der Waals surface area (Å²) in [6, 6.07) is 5.45. The molecule has 1 saturated carbocycles. The van der Waals surface area contributed by atoms with Gasteiger partial charge >= 0.3 is 6.09 Å². The standard InChI is InChI=1S/C32H52N4O5/c1-6-7-8-9-10-14-20-36(30(39)26(22-27(33)37)35-31(40)41-32(3,4)5)28(24-17-15-16-23(2)21-24)29(38)34-25-18-12-11-13-19-25/h15-17,21,25-26,28H,6-14,18-20,22H2,1-5H3,(H2,33,37)(H,34,38)(H,35,40). The first-order valence-corrected chi connectivity index (χ1v) is 15.4. The van der Waals surface area contributed by atoms with E-state index in [-0.39, 0.29) is 11.9 Å². The minimum Gasteiger partial charge on any atom is -0.444 e. The van der Waals surface area contributed by atoms with Crippen molar-refractivity contribution in [2.24, 2.45) is 5.73 Å². The van der Waals surface area contributed by atoms with Crippen LogP contribution in [0.5, 0.6) is 0 Å². The van der Waals surface area contributed by atoms with E-state index < -0.39 is 42.0 Å². The smallest absolute Gasteiger partial charge is 0.408 e. The maximum Gasteiger partial charge on any atom is 0.408 e. The average molecular weight is 573 g/mol. The minimum absolute atomic E-state index is 0.0517. The highest BCUT2D eigenvalue weighted by Gasteiger charge is 2.37. The molecule has 41 heavy (non-hydrogen) atoms. The van der Waals surface area contributed by atoms with Gasteiger partial charge in [0, 0.05) is 12.6 Å². The van der Waals surface area contributed by atoms with Gasteiger partial charge in [0.05, 0.1) is 6.42 Å². The van der Waals surface area contributed by atoms with Crippen LogP contribution in [0.4, 0.5) is 4.79 Å². The van der Waals surface area contributed by atoms with Gasteiger partial charge < -0.3 is 26.0 Å². The lowest BCUT2D eigenvalue weighted by molar-refractivity contribution is -0.143. The SMILES string of the molecule is CCCCCCCCN(C(=O)C(CC(N)=O)NC(=O)OC(C)(C)C)C(C(=O)NC1CCCCC1)c1cccc(C)c1. The van der Waals surface area contributed by atoms with Gasteiger partial charge in [0.1, 0.15) is 17.7 Å². The summed E-state index contributed by atoms with van der Waals surface area (Å²) in [6.07, 6.45) is 9.85. The van der Waals surface area contributed by atoms with E-state index in [4.69, 9.17) is 10.5 Å². The number of carbonyl (C=O) groups excluding carboxylic acids is 4. The second-order valence-corrected chi connectivity index (χ2v) is 12.3. The maximum atomic E-state index is 14.2. The highest BCUT2D eigenvalue weighted by atomic mass is 16.6. The fraction of sp³-hybridized carbons (Fsp3) is 0.688. The van der Waals surface area contributed by atoms with Crippen LogP contribution in [-0.4, -0.2) is 52.9 Å². The van der Waals surface area contributed by atoms with E-state index >= 15 is 0 Å². The van der Waals surface area contributed by atoms with E-state index in [1.165, 1.54) is 4.90 Å². The third-order valence-corrected chi connectivity index (χ3v) is 7.30. The Balaban J connectivity index is 2.44. The fourth-order valence-corrected chi connectivity index (χ4v) is 5.32. The largest absolute Gasteiger partial charge is 0.444 e. The third kappa shape index (κ3) is 12.5. The Morgan fingerprint density at radius 2 is 1.68 bits per heavy atom. The number of rotatable bonds is 15. The average Bonchev–Trinajstić information content (AvgIpc) is 2.88. The van der Waals surface area contributed by atoms with Crippen molar-refractivity contribution >= 4 is 23.8 Å². The molecule has 9 nitrogen and oxygen atoms in total. The molecule has 1 aliphatic carbocycles. The summed E-state index contributed by atoms with van der Waals surface area (Å²) in [5.41, 5.74) is 6.36. The third-order valence-electron chi connectivity index (χ3n) is 7.30. The molecule has 230 valence electrons. The molecule has 2 atom stereocenters. The van der Waals surface area contributed by atoms with E-state index in [0.717, 1.165) is 69.8 Å². The Hall–Kier alpha value is -3.10. The van der Waals surface area contributed by atoms with Crippen LogP contribution in [0.15, 0.2) is 24.3 Å². The fourth-order valence-electron chi connectivity index (χ4n) is 5.32. The Kier molecular flexibility index (Phi) is 14.1. The van der Waals surface area contributed by atoms with Crippen molar-refractivity contribution in [2.45, 2.75) is 135 Å². The summed E-state index contributed by atoms with van der Waals surface area (Å²) in [6.45, 7) is 9.55. The number of carbonyl (C=O) groups is 4. The molecule has 1 fully saturated rings. The Labute approximate surface area is 246 Å². The molecule has 0 radical (unpaired) electrons. The molecule has 2 rings (SSSR count). The van der Waals surface area contributed by atoms with Gasteiger partial charge in [-0.25, -0.2) is 4.79 Å². The van der Waals surface area contributed by atoms with E-state index in [1.807, 2.05) is 31.2 Å². The first-order valence-electron chi connectivity index (χ1n) is 15.4. The maximum absolute atomic E-state index is 14.2. The molecule has 4 N–H and O–H groups in total. The zero-order chi connectivity index (χ0) is 30.4. The van der Waals surface area contributed by atoms with Crippen LogP contribution in [0.2, 0.25) is 0 Å². The van der Waals surface area contributed by atoms with Crippen molar-refractivity contribution < 1.29 is 23.9 Å². The minimum atomic E-state index is -1.27. The number of nitrogens with one attached hydrogen (secondary N) is 2. The van der Waals surface area contributed by atoms with Crippen LogP contribution in [0, 0.1) is 6.92 Å². The van der Waals surface area contributed by atoms with Crippen LogP contribution in [0.25, 0.3) is 0 Å². The summed E-state index contributed by atoms with van der Waals surface area (Å²) < 4.78 is 5.37. The van der Waals surface area contributed by atoms with Crippen molar-refractivity contribution in [2.75, 3.05) is 6.54 Å². The van der Waals surface area contributed by atoms with Crippen molar-refractivity contribution in [3.8, 4) is 0 Å². The molecule has 0 bridgehead atoms. The molecule has 0 aliphatic heterocycles. The Morgan fingerprint density at radius 1 is 1.02 bits per heavy atom. The van der Waals surface area contributed by atoms with Gasteiger partial charge in [0.15, 0.2) is 0 Å². The number of unbranched alkanes of at least 4 members (excludes halogenated alkanes) is 5. The highest BCUT2D eigenvalue weighted by molar-refractivity contribution is 5.94. The Morgan fingerprint density at radius 3 is 2.29 bits per heavy atom. The number of hydrogen-bond donors (Lipinski definition) is 3. The number of nitrogens with two attached hydrogens (primary N) is 1. The molecule has 1 aliphatic rings. The van der Waals surface area contributed by atoms with Gasteiger partial charge in [0.2, 0.25) is 17.7 Å². The van der Waals surface area contributed by atoms with Crippen LogP contribution in [0.1, 0.15) is 122 Å².